The molecule has 78 valence electrons. The van der Waals surface area contributed by atoms with Crippen molar-refractivity contribution in [3.8, 4) is 17.6 Å². The van der Waals surface area contributed by atoms with Gasteiger partial charge in [0.1, 0.15) is 0 Å². The lowest BCUT2D eigenvalue weighted by atomic mass is 10.2. The van der Waals surface area contributed by atoms with Crippen molar-refractivity contribution in [1.82, 2.24) is 0 Å². The molecule has 3 nitrogen and oxygen atoms in total. The third kappa shape index (κ3) is 2.42. The van der Waals surface area contributed by atoms with Crippen molar-refractivity contribution >= 4 is 17.7 Å². The van der Waals surface area contributed by atoms with Gasteiger partial charge in [0.15, 0.2) is 11.5 Å². The van der Waals surface area contributed by atoms with Gasteiger partial charge in [-0.15, -0.1) is 0 Å². The number of methoxy groups -OCH3 is 2. The molecule has 0 heterocycles. The van der Waals surface area contributed by atoms with Crippen LogP contribution in [-0.2, 0) is 0 Å². The fourth-order valence-electron chi connectivity index (χ4n) is 1.16. The van der Waals surface area contributed by atoms with Gasteiger partial charge < -0.3 is 9.47 Å². The minimum absolute atomic E-state index is 0.434. The Morgan fingerprint density at radius 1 is 1.33 bits per heavy atom. The summed E-state index contributed by atoms with van der Waals surface area (Å²) in [6, 6.07) is 5.40. The second-order valence-corrected chi connectivity index (χ2v) is 3.04. The molecule has 1 rings (SSSR count). The van der Waals surface area contributed by atoms with Gasteiger partial charge >= 0.3 is 0 Å². The summed E-state index contributed by atoms with van der Waals surface area (Å²) < 4.78 is 10.2. The molecule has 0 unspecified atom stereocenters. The van der Waals surface area contributed by atoms with Crippen LogP contribution in [0.5, 0.6) is 11.5 Å². The van der Waals surface area contributed by atoms with Crippen LogP contribution in [0.2, 0.25) is 5.02 Å². The highest BCUT2D eigenvalue weighted by Crippen LogP contribution is 2.37. The average molecular weight is 224 g/mol. The van der Waals surface area contributed by atoms with Crippen molar-refractivity contribution in [3.63, 3.8) is 0 Å². The third-order valence-electron chi connectivity index (χ3n) is 1.85. The molecule has 0 aliphatic carbocycles. The lowest BCUT2D eigenvalue weighted by Gasteiger charge is -2.10. The molecular formula is C11H10ClNO2. The second-order valence-electron chi connectivity index (χ2n) is 2.67. The van der Waals surface area contributed by atoms with Gasteiger partial charge in [-0.3, -0.25) is 0 Å². The van der Waals surface area contributed by atoms with E-state index in [1.165, 1.54) is 13.2 Å². The van der Waals surface area contributed by atoms with Crippen molar-refractivity contribution in [1.29, 1.82) is 5.26 Å². The van der Waals surface area contributed by atoms with Crippen LogP contribution < -0.4 is 9.47 Å². The van der Waals surface area contributed by atoms with E-state index < -0.39 is 0 Å². The standard InChI is InChI=1S/C11H10ClNO2/c1-14-9-6-5-8(4-3-7-13)10(12)11(9)15-2/h3-6H,1-2H3/b4-3+. The Morgan fingerprint density at radius 3 is 2.60 bits per heavy atom. The normalized spacial score (nSPS) is 10.0. The Morgan fingerprint density at radius 2 is 2.07 bits per heavy atom. The molecule has 0 fully saturated rings. The third-order valence-corrected chi connectivity index (χ3v) is 2.24. The number of ether oxygens (including phenoxy) is 2. The molecule has 0 atom stereocenters. The monoisotopic (exact) mass is 223 g/mol. The van der Waals surface area contributed by atoms with Crippen molar-refractivity contribution in [2.24, 2.45) is 0 Å². The molecule has 1 aromatic rings. The summed E-state index contributed by atoms with van der Waals surface area (Å²) >= 11 is 6.06. The number of rotatable bonds is 3. The largest absolute Gasteiger partial charge is 0.493 e. The molecule has 4 heteroatoms. The SMILES string of the molecule is COc1ccc(/C=C/C#N)c(Cl)c1OC. The van der Waals surface area contributed by atoms with Crippen LogP contribution in [0, 0.1) is 11.3 Å². The predicted octanol–water partition coefficient (Wildman–Crippen LogP) is 2.89. The quantitative estimate of drug-likeness (QED) is 0.740. The van der Waals surface area contributed by atoms with E-state index in [4.69, 9.17) is 26.3 Å². The van der Waals surface area contributed by atoms with Crippen LogP contribution in [0.1, 0.15) is 5.56 Å². The number of nitrogens with zero attached hydrogens (tertiary/aromatic N) is 1. The van der Waals surface area contributed by atoms with E-state index in [0.29, 0.717) is 16.5 Å². The molecule has 0 radical (unpaired) electrons. The molecule has 0 saturated heterocycles. The Bertz CT molecular complexity index is 421. The summed E-state index contributed by atoms with van der Waals surface area (Å²) in [6.07, 6.45) is 2.97. The molecule has 0 saturated carbocycles. The summed E-state index contributed by atoms with van der Waals surface area (Å²) in [4.78, 5) is 0. The number of hydrogen-bond donors (Lipinski definition) is 0. The molecule has 0 aliphatic heterocycles. The van der Waals surface area contributed by atoms with Crippen molar-refractivity contribution < 1.29 is 9.47 Å². The Hall–Kier alpha value is -1.66. The summed E-state index contributed by atoms with van der Waals surface area (Å²) in [5.41, 5.74) is 0.718. The van der Waals surface area contributed by atoms with Gasteiger partial charge in [-0.25, -0.2) is 0 Å². The zero-order valence-electron chi connectivity index (χ0n) is 8.45. The van der Waals surface area contributed by atoms with Gasteiger partial charge in [0.25, 0.3) is 0 Å². The number of benzene rings is 1. The summed E-state index contributed by atoms with van der Waals surface area (Å²) in [5, 5.41) is 8.84. The lowest BCUT2D eigenvalue weighted by Crippen LogP contribution is -1.92. The molecule has 15 heavy (non-hydrogen) atoms. The average Bonchev–Trinajstić information content (AvgIpc) is 2.27. The van der Waals surface area contributed by atoms with E-state index in [0.717, 1.165) is 5.56 Å². The first-order valence-corrected chi connectivity index (χ1v) is 4.59. The van der Waals surface area contributed by atoms with Gasteiger partial charge in [0.05, 0.1) is 25.3 Å². The highest BCUT2D eigenvalue weighted by molar-refractivity contribution is 6.33. The molecule has 0 bridgehead atoms. The fourth-order valence-corrected chi connectivity index (χ4v) is 1.46. The van der Waals surface area contributed by atoms with Crippen LogP contribution in [0.25, 0.3) is 6.08 Å². The molecular weight excluding hydrogens is 214 g/mol. The van der Waals surface area contributed by atoms with E-state index in [2.05, 4.69) is 0 Å². The zero-order valence-corrected chi connectivity index (χ0v) is 9.21. The first-order valence-electron chi connectivity index (χ1n) is 4.21. The van der Waals surface area contributed by atoms with Crippen LogP contribution in [-0.4, -0.2) is 14.2 Å². The maximum absolute atomic E-state index is 8.41. The van der Waals surface area contributed by atoms with E-state index in [1.54, 1.807) is 25.3 Å². The van der Waals surface area contributed by atoms with E-state index >= 15 is 0 Å². The summed E-state index contributed by atoms with van der Waals surface area (Å²) in [5.74, 6) is 1.04. The number of allylic oxidation sites excluding steroid dienone is 1. The smallest absolute Gasteiger partial charge is 0.179 e. The molecule has 0 aliphatic rings. The summed E-state index contributed by atoms with van der Waals surface area (Å²) in [7, 11) is 3.06. The number of hydrogen-bond acceptors (Lipinski definition) is 3. The maximum Gasteiger partial charge on any atom is 0.179 e. The van der Waals surface area contributed by atoms with Gasteiger partial charge in [-0.2, -0.15) is 5.26 Å². The van der Waals surface area contributed by atoms with Gasteiger partial charge in [-0.1, -0.05) is 11.6 Å². The van der Waals surface area contributed by atoms with Crippen LogP contribution in [0.4, 0.5) is 0 Å². The zero-order chi connectivity index (χ0) is 11.3. The highest BCUT2D eigenvalue weighted by Gasteiger charge is 2.10. The minimum atomic E-state index is 0.434. The first-order chi connectivity index (χ1) is 7.24. The molecule has 1 aromatic carbocycles. The minimum Gasteiger partial charge on any atom is -0.493 e. The lowest BCUT2D eigenvalue weighted by molar-refractivity contribution is 0.355. The van der Waals surface area contributed by atoms with E-state index in [-0.39, 0.29) is 0 Å². The van der Waals surface area contributed by atoms with E-state index in [1.807, 2.05) is 6.07 Å². The number of halogens is 1. The van der Waals surface area contributed by atoms with Crippen molar-refractivity contribution in [2.75, 3.05) is 14.2 Å². The van der Waals surface area contributed by atoms with Crippen LogP contribution in [0.15, 0.2) is 18.2 Å². The van der Waals surface area contributed by atoms with E-state index in [9.17, 15) is 0 Å². The van der Waals surface area contributed by atoms with Crippen LogP contribution >= 0.6 is 11.6 Å². The van der Waals surface area contributed by atoms with Crippen molar-refractivity contribution in [3.05, 3.63) is 28.8 Å². The molecule has 0 spiro atoms. The molecule has 0 N–H and O–H groups in total. The van der Waals surface area contributed by atoms with Crippen molar-refractivity contribution in [2.45, 2.75) is 0 Å². The second kappa shape index (κ2) is 5.28. The maximum atomic E-state index is 8.41. The fraction of sp³-hybridized carbons (Fsp3) is 0.182. The number of nitriles is 1. The Kier molecular flexibility index (Phi) is 4.02. The van der Waals surface area contributed by atoms with Crippen LogP contribution in [0.3, 0.4) is 0 Å². The topological polar surface area (TPSA) is 42.2 Å². The molecule has 0 aromatic heterocycles. The van der Waals surface area contributed by atoms with Gasteiger partial charge in [0.2, 0.25) is 0 Å². The van der Waals surface area contributed by atoms with Gasteiger partial charge in [-0.05, 0) is 23.8 Å². The predicted molar refractivity (Wildman–Crippen MR) is 59.2 cm³/mol. The first kappa shape index (κ1) is 11.4. The Balaban J connectivity index is 3.24. The van der Waals surface area contributed by atoms with Gasteiger partial charge in [0, 0.05) is 6.08 Å². The summed E-state index contributed by atoms with van der Waals surface area (Å²) in [6.45, 7) is 0. The Labute approximate surface area is 93.5 Å². The molecule has 0 amide bonds. The highest BCUT2D eigenvalue weighted by atomic mass is 35.5.